The second kappa shape index (κ2) is 6.48. The molecule has 0 bridgehead atoms. The third-order valence-electron chi connectivity index (χ3n) is 2.92. The molecule has 0 fully saturated rings. The number of nitriles is 1. The van der Waals surface area contributed by atoms with Crippen molar-refractivity contribution >= 4 is 17.5 Å². The van der Waals surface area contributed by atoms with Crippen molar-refractivity contribution in [1.82, 2.24) is 15.0 Å². The van der Waals surface area contributed by atoms with Gasteiger partial charge < -0.3 is 9.80 Å². The van der Waals surface area contributed by atoms with Crippen LogP contribution in [0.1, 0.15) is 6.42 Å². The lowest BCUT2D eigenvalue weighted by Gasteiger charge is -2.20. The van der Waals surface area contributed by atoms with Gasteiger partial charge >= 0.3 is 0 Å². The van der Waals surface area contributed by atoms with Gasteiger partial charge in [0.2, 0.25) is 0 Å². The maximum Gasteiger partial charge on any atom is 0.139 e. The summed E-state index contributed by atoms with van der Waals surface area (Å²) in [6, 6.07) is 9.73. The number of hydrogen-bond acceptors (Lipinski definition) is 6. The van der Waals surface area contributed by atoms with Gasteiger partial charge in [0.15, 0.2) is 0 Å². The molecule has 2 heterocycles. The number of nitrogens with zero attached hydrogens (tertiary/aromatic N) is 6. The molecule has 0 amide bonds. The fraction of sp³-hybridized carbons (Fsp3) is 0.286. The average Bonchev–Trinajstić information content (AvgIpc) is 2.52. The molecule has 0 spiro atoms. The van der Waals surface area contributed by atoms with E-state index in [1.54, 1.807) is 6.20 Å². The second-order valence-electron chi connectivity index (χ2n) is 4.31. The van der Waals surface area contributed by atoms with Crippen LogP contribution in [0.4, 0.5) is 17.5 Å². The second-order valence-corrected chi connectivity index (χ2v) is 4.31. The van der Waals surface area contributed by atoms with E-state index in [9.17, 15) is 0 Å². The molecule has 6 nitrogen and oxygen atoms in total. The third kappa shape index (κ3) is 3.20. The van der Waals surface area contributed by atoms with Gasteiger partial charge in [0.25, 0.3) is 0 Å². The summed E-state index contributed by atoms with van der Waals surface area (Å²) >= 11 is 0. The van der Waals surface area contributed by atoms with Gasteiger partial charge in [0.05, 0.1) is 12.5 Å². The fourth-order valence-electron chi connectivity index (χ4n) is 1.73. The Balaban J connectivity index is 2.19. The maximum absolute atomic E-state index is 8.63. The monoisotopic (exact) mass is 268 g/mol. The van der Waals surface area contributed by atoms with Crippen LogP contribution < -0.4 is 9.80 Å². The van der Waals surface area contributed by atoms with Gasteiger partial charge in [-0.05, 0) is 12.1 Å². The molecular formula is C14H16N6. The molecule has 0 saturated carbocycles. The maximum atomic E-state index is 8.63. The van der Waals surface area contributed by atoms with E-state index in [1.165, 1.54) is 6.33 Å². The zero-order valence-corrected chi connectivity index (χ0v) is 11.6. The molecule has 2 aromatic heterocycles. The molecule has 0 atom stereocenters. The number of hydrogen-bond donors (Lipinski definition) is 0. The van der Waals surface area contributed by atoms with Crippen molar-refractivity contribution in [3.63, 3.8) is 0 Å². The zero-order valence-electron chi connectivity index (χ0n) is 11.6. The molecule has 2 aromatic rings. The zero-order chi connectivity index (χ0) is 14.4. The molecule has 20 heavy (non-hydrogen) atoms. The Morgan fingerprint density at radius 3 is 2.60 bits per heavy atom. The summed E-state index contributed by atoms with van der Waals surface area (Å²) in [6.07, 6.45) is 3.73. The standard InChI is InChI=1S/C14H16N6/c1-19(9-5-7-15)13-10-14(18-11-17-13)20(2)12-6-3-4-8-16-12/h3-4,6,8,10-11H,5,9H2,1-2H3. The Bertz CT molecular complexity index is 592. The van der Waals surface area contributed by atoms with Crippen LogP contribution in [0.5, 0.6) is 0 Å². The highest BCUT2D eigenvalue weighted by Crippen LogP contribution is 2.21. The van der Waals surface area contributed by atoms with Crippen LogP contribution in [0.15, 0.2) is 36.8 Å². The summed E-state index contributed by atoms with van der Waals surface area (Å²) in [6.45, 7) is 0.639. The molecule has 0 radical (unpaired) electrons. The number of anilines is 3. The molecule has 0 aliphatic heterocycles. The first kappa shape index (κ1) is 13.7. The summed E-state index contributed by atoms with van der Waals surface area (Å²) in [5, 5.41) is 8.63. The average molecular weight is 268 g/mol. The van der Waals surface area contributed by atoms with Gasteiger partial charge in [-0.1, -0.05) is 6.07 Å². The molecular weight excluding hydrogens is 252 g/mol. The van der Waals surface area contributed by atoms with Gasteiger partial charge in [-0.15, -0.1) is 0 Å². The molecule has 102 valence electrons. The first-order chi connectivity index (χ1) is 9.72. The van der Waals surface area contributed by atoms with Gasteiger partial charge in [-0.3, -0.25) is 0 Å². The van der Waals surface area contributed by atoms with Crippen LogP contribution in [0.25, 0.3) is 0 Å². The van der Waals surface area contributed by atoms with Crippen molar-refractivity contribution in [3.8, 4) is 6.07 Å². The molecule has 0 unspecified atom stereocenters. The Morgan fingerprint density at radius 2 is 1.90 bits per heavy atom. The molecule has 6 heteroatoms. The minimum Gasteiger partial charge on any atom is -0.358 e. The highest BCUT2D eigenvalue weighted by atomic mass is 15.2. The summed E-state index contributed by atoms with van der Waals surface area (Å²) in [4.78, 5) is 16.6. The van der Waals surface area contributed by atoms with Crippen LogP contribution >= 0.6 is 0 Å². The van der Waals surface area contributed by atoms with Crippen LogP contribution in [-0.4, -0.2) is 35.6 Å². The topological polar surface area (TPSA) is 68.9 Å². The van der Waals surface area contributed by atoms with Crippen LogP contribution in [0, 0.1) is 11.3 Å². The van der Waals surface area contributed by atoms with Crippen LogP contribution in [0.2, 0.25) is 0 Å². The summed E-state index contributed by atoms with van der Waals surface area (Å²) < 4.78 is 0. The highest BCUT2D eigenvalue weighted by Gasteiger charge is 2.09. The molecule has 0 saturated heterocycles. The Kier molecular flexibility index (Phi) is 4.45. The van der Waals surface area contributed by atoms with E-state index in [0.717, 1.165) is 17.5 Å². The molecule has 0 N–H and O–H groups in total. The predicted octanol–water partition coefficient (Wildman–Crippen LogP) is 1.99. The van der Waals surface area contributed by atoms with Crippen molar-refractivity contribution in [2.45, 2.75) is 6.42 Å². The number of aromatic nitrogens is 3. The van der Waals surface area contributed by atoms with E-state index in [0.29, 0.717) is 13.0 Å². The van der Waals surface area contributed by atoms with Crippen LogP contribution in [-0.2, 0) is 0 Å². The minimum atomic E-state index is 0.464. The van der Waals surface area contributed by atoms with Gasteiger partial charge in [0, 0.05) is 32.9 Å². The lowest BCUT2D eigenvalue weighted by Crippen LogP contribution is -2.20. The SMILES string of the molecule is CN(CCC#N)c1cc(N(C)c2ccccn2)ncn1. The van der Waals surface area contributed by atoms with E-state index in [4.69, 9.17) is 5.26 Å². The summed E-state index contributed by atoms with van der Waals surface area (Å²) in [5.74, 6) is 2.36. The first-order valence-electron chi connectivity index (χ1n) is 6.27. The van der Waals surface area contributed by atoms with Crippen molar-refractivity contribution in [3.05, 3.63) is 36.8 Å². The molecule has 0 aliphatic rings. The first-order valence-corrected chi connectivity index (χ1v) is 6.27. The Morgan fingerprint density at radius 1 is 1.10 bits per heavy atom. The van der Waals surface area contributed by atoms with E-state index in [2.05, 4.69) is 21.0 Å². The number of rotatable bonds is 5. The van der Waals surface area contributed by atoms with E-state index >= 15 is 0 Å². The Labute approximate surface area is 118 Å². The normalized spacial score (nSPS) is 9.85. The lowest BCUT2D eigenvalue weighted by atomic mass is 10.4. The van der Waals surface area contributed by atoms with Gasteiger partial charge in [-0.25, -0.2) is 15.0 Å². The van der Waals surface area contributed by atoms with Crippen molar-refractivity contribution in [1.29, 1.82) is 5.26 Å². The minimum absolute atomic E-state index is 0.464. The third-order valence-corrected chi connectivity index (χ3v) is 2.92. The Hall–Kier alpha value is -2.68. The molecule has 2 rings (SSSR count). The smallest absolute Gasteiger partial charge is 0.139 e. The largest absolute Gasteiger partial charge is 0.358 e. The lowest BCUT2D eigenvalue weighted by molar-refractivity contribution is 0.877. The molecule has 0 aromatic carbocycles. The van der Waals surface area contributed by atoms with E-state index < -0.39 is 0 Å². The van der Waals surface area contributed by atoms with Crippen LogP contribution in [0.3, 0.4) is 0 Å². The quantitative estimate of drug-likeness (QED) is 0.826. The summed E-state index contributed by atoms with van der Waals surface area (Å²) in [5.41, 5.74) is 0. The molecule has 0 aliphatic carbocycles. The number of pyridine rings is 1. The van der Waals surface area contributed by atoms with E-state index in [-0.39, 0.29) is 0 Å². The van der Waals surface area contributed by atoms with Crippen molar-refractivity contribution in [2.75, 3.05) is 30.4 Å². The van der Waals surface area contributed by atoms with Crippen molar-refractivity contribution in [2.24, 2.45) is 0 Å². The van der Waals surface area contributed by atoms with E-state index in [1.807, 2.05) is 48.2 Å². The van der Waals surface area contributed by atoms with Crippen molar-refractivity contribution < 1.29 is 0 Å². The summed E-state index contributed by atoms with van der Waals surface area (Å²) in [7, 11) is 3.81. The predicted molar refractivity (Wildman–Crippen MR) is 77.8 cm³/mol. The highest BCUT2D eigenvalue weighted by molar-refractivity contribution is 5.58. The van der Waals surface area contributed by atoms with Gasteiger partial charge in [0.1, 0.15) is 23.8 Å². The fourth-order valence-corrected chi connectivity index (χ4v) is 1.73. The van der Waals surface area contributed by atoms with Gasteiger partial charge in [-0.2, -0.15) is 5.26 Å².